The molecule has 130 valence electrons. The number of hydrogen-bond acceptors (Lipinski definition) is 2. The van der Waals surface area contributed by atoms with Crippen LogP contribution < -0.4 is 10.1 Å². The zero-order valence-corrected chi connectivity index (χ0v) is 15.9. The van der Waals surface area contributed by atoms with Gasteiger partial charge in [-0.15, -0.1) is 0 Å². The fourth-order valence-corrected chi connectivity index (χ4v) is 3.20. The molecule has 25 heavy (non-hydrogen) atoms. The smallest absolute Gasteiger partial charge is 0.124 e. The topological polar surface area (TPSA) is 21.3 Å². The number of fused-ring (bicyclic) bond motifs is 1. The molecule has 4 heteroatoms. The normalized spacial score (nSPS) is 11.2. The van der Waals surface area contributed by atoms with Crippen LogP contribution in [0.15, 0.2) is 54.6 Å². The van der Waals surface area contributed by atoms with Crippen molar-refractivity contribution >= 4 is 34.0 Å². The molecule has 0 unspecified atom stereocenters. The third-order valence-corrected chi connectivity index (χ3v) is 4.67. The molecule has 3 aromatic rings. The van der Waals surface area contributed by atoms with Crippen LogP contribution in [0.25, 0.3) is 10.8 Å². The van der Waals surface area contributed by atoms with E-state index in [9.17, 15) is 0 Å². The van der Waals surface area contributed by atoms with Gasteiger partial charge in [-0.1, -0.05) is 73.4 Å². The number of ether oxygens (including phenoxy) is 1. The Hall–Kier alpha value is -1.74. The molecule has 3 aromatic carbocycles. The molecule has 0 saturated carbocycles. The van der Waals surface area contributed by atoms with Crippen LogP contribution in [0.4, 0.5) is 0 Å². The first-order chi connectivity index (χ1) is 12.0. The number of halogens is 2. The molecule has 0 radical (unpaired) electrons. The summed E-state index contributed by atoms with van der Waals surface area (Å²) in [4.78, 5) is 0. The van der Waals surface area contributed by atoms with Crippen LogP contribution in [0.5, 0.6) is 5.75 Å². The first kappa shape index (κ1) is 18.1. The van der Waals surface area contributed by atoms with Crippen LogP contribution in [0, 0.1) is 0 Å². The Kier molecular flexibility index (Phi) is 5.85. The van der Waals surface area contributed by atoms with Gasteiger partial charge in [-0.3, -0.25) is 0 Å². The maximum absolute atomic E-state index is 6.26. The van der Waals surface area contributed by atoms with Crippen LogP contribution in [0.1, 0.15) is 25.0 Å². The van der Waals surface area contributed by atoms with Gasteiger partial charge in [0.2, 0.25) is 0 Å². The monoisotopic (exact) mass is 373 g/mol. The first-order valence-electron chi connectivity index (χ1n) is 8.35. The number of benzene rings is 3. The van der Waals surface area contributed by atoms with Gasteiger partial charge in [0.05, 0.1) is 0 Å². The molecule has 0 saturated heterocycles. The van der Waals surface area contributed by atoms with E-state index in [2.05, 4.69) is 49.5 Å². The van der Waals surface area contributed by atoms with Crippen LogP contribution in [0.3, 0.4) is 0 Å². The van der Waals surface area contributed by atoms with Crippen molar-refractivity contribution in [2.24, 2.45) is 0 Å². The van der Waals surface area contributed by atoms with E-state index in [1.807, 2.05) is 18.2 Å². The summed E-state index contributed by atoms with van der Waals surface area (Å²) in [6.45, 7) is 5.43. The van der Waals surface area contributed by atoms with E-state index < -0.39 is 0 Å². The number of nitrogens with one attached hydrogen (secondary N) is 1. The molecule has 0 aliphatic rings. The molecule has 0 aliphatic carbocycles. The molecule has 0 fully saturated rings. The average molecular weight is 374 g/mol. The van der Waals surface area contributed by atoms with Crippen LogP contribution in [-0.2, 0) is 13.2 Å². The van der Waals surface area contributed by atoms with Gasteiger partial charge in [0.15, 0.2) is 0 Å². The summed E-state index contributed by atoms with van der Waals surface area (Å²) in [7, 11) is 0. The quantitative estimate of drug-likeness (QED) is 0.553. The zero-order valence-electron chi connectivity index (χ0n) is 14.4. The van der Waals surface area contributed by atoms with E-state index in [1.165, 1.54) is 10.8 Å². The third-order valence-electron chi connectivity index (χ3n) is 4.08. The highest BCUT2D eigenvalue weighted by Crippen LogP contribution is 2.30. The second kappa shape index (κ2) is 8.09. The van der Waals surface area contributed by atoms with E-state index in [4.69, 9.17) is 27.9 Å². The SMILES string of the molecule is CC(C)NCc1c(OCc2ccc(Cl)cc2Cl)ccc2ccccc12. The summed E-state index contributed by atoms with van der Waals surface area (Å²) in [6.07, 6.45) is 0. The van der Waals surface area contributed by atoms with Crippen molar-refractivity contribution in [3.63, 3.8) is 0 Å². The van der Waals surface area contributed by atoms with E-state index in [0.717, 1.165) is 23.4 Å². The van der Waals surface area contributed by atoms with Gasteiger partial charge in [0.25, 0.3) is 0 Å². The lowest BCUT2D eigenvalue weighted by atomic mass is 10.0. The second-order valence-corrected chi connectivity index (χ2v) is 7.17. The third kappa shape index (κ3) is 4.46. The minimum Gasteiger partial charge on any atom is -0.488 e. The summed E-state index contributed by atoms with van der Waals surface area (Å²) >= 11 is 12.2. The molecule has 3 rings (SSSR count). The molecule has 2 nitrogen and oxygen atoms in total. The molecular weight excluding hydrogens is 353 g/mol. The Balaban J connectivity index is 1.90. The second-order valence-electron chi connectivity index (χ2n) is 6.32. The fourth-order valence-electron chi connectivity index (χ4n) is 2.73. The van der Waals surface area contributed by atoms with Gasteiger partial charge in [-0.2, -0.15) is 0 Å². The van der Waals surface area contributed by atoms with Gasteiger partial charge in [0, 0.05) is 33.8 Å². The summed E-state index contributed by atoms with van der Waals surface area (Å²) in [5.74, 6) is 0.873. The molecule has 0 aromatic heterocycles. The van der Waals surface area contributed by atoms with E-state index in [-0.39, 0.29) is 0 Å². The Morgan fingerprint density at radius 2 is 1.80 bits per heavy atom. The highest BCUT2D eigenvalue weighted by molar-refractivity contribution is 6.35. The Morgan fingerprint density at radius 1 is 1.00 bits per heavy atom. The van der Waals surface area contributed by atoms with Gasteiger partial charge >= 0.3 is 0 Å². The lowest BCUT2D eigenvalue weighted by Crippen LogP contribution is -2.22. The predicted molar refractivity (Wildman–Crippen MR) is 107 cm³/mol. The fraction of sp³-hybridized carbons (Fsp3) is 0.238. The zero-order chi connectivity index (χ0) is 17.8. The van der Waals surface area contributed by atoms with Gasteiger partial charge < -0.3 is 10.1 Å². The van der Waals surface area contributed by atoms with Crippen LogP contribution in [-0.4, -0.2) is 6.04 Å². The van der Waals surface area contributed by atoms with Crippen LogP contribution >= 0.6 is 23.2 Å². The number of rotatable bonds is 6. The molecule has 0 atom stereocenters. The summed E-state index contributed by atoms with van der Waals surface area (Å²) in [5.41, 5.74) is 2.08. The molecule has 0 amide bonds. The molecular formula is C21H21Cl2NO. The van der Waals surface area contributed by atoms with Gasteiger partial charge in [-0.05, 0) is 29.0 Å². The average Bonchev–Trinajstić information content (AvgIpc) is 2.59. The van der Waals surface area contributed by atoms with Crippen molar-refractivity contribution in [1.82, 2.24) is 5.32 Å². The highest BCUT2D eigenvalue weighted by atomic mass is 35.5. The minimum absolute atomic E-state index is 0.400. The Bertz CT molecular complexity index is 877. The van der Waals surface area contributed by atoms with E-state index in [0.29, 0.717) is 22.7 Å². The maximum atomic E-state index is 6.26. The van der Waals surface area contributed by atoms with Gasteiger partial charge in [-0.25, -0.2) is 0 Å². The lowest BCUT2D eigenvalue weighted by molar-refractivity contribution is 0.302. The summed E-state index contributed by atoms with van der Waals surface area (Å²) in [5, 5.41) is 7.15. The molecule has 0 spiro atoms. The Morgan fingerprint density at radius 3 is 2.56 bits per heavy atom. The minimum atomic E-state index is 0.400. The number of hydrogen-bond donors (Lipinski definition) is 1. The standard InChI is InChI=1S/C21H21Cl2NO/c1-14(2)24-12-19-18-6-4-3-5-15(18)8-10-21(19)25-13-16-7-9-17(22)11-20(16)23/h3-11,14,24H,12-13H2,1-2H3. The summed E-state index contributed by atoms with van der Waals surface area (Å²) < 4.78 is 6.12. The van der Waals surface area contributed by atoms with Crippen molar-refractivity contribution in [1.29, 1.82) is 0 Å². The first-order valence-corrected chi connectivity index (χ1v) is 9.11. The van der Waals surface area contributed by atoms with Crippen molar-refractivity contribution in [3.05, 3.63) is 75.8 Å². The van der Waals surface area contributed by atoms with Crippen molar-refractivity contribution in [3.8, 4) is 5.75 Å². The maximum Gasteiger partial charge on any atom is 0.124 e. The lowest BCUT2D eigenvalue weighted by Gasteiger charge is -2.17. The van der Waals surface area contributed by atoms with E-state index in [1.54, 1.807) is 6.07 Å². The summed E-state index contributed by atoms with van der Waals surface area (Å²) in [6, 6.07) is 18.4. The van der Waals surface area contributed by atoms with Gasteiger partial charge in [0.1, 0.15) is 12.4 Å². The molecule has 0 aliphatic heterocycles. The van der Waals surface area contributed by atoms with Crippen molar-refractivity contribution < 1.29 is 4.74 Å². The predicted octanol–water partition coefficient (Wildman–Crippen LogP) is 6.22. The Labute approximate surface area is 158 Å². The largest absolute Gasteiger partial charge is 0.488 e. The van der Waals surface area contributed by atoms with E-state index >= 15 is 0 Å². The molecule has 0 heterocycles. The van der Waals surface area contributed by atoms with Crippen molar-refractivity contribution in [2.75, 3.05) is 0 Å². The highest BCUT2D eigenvalue weighted by Gasteiger charge is 2.11. The van der Waals surface area contributed by atoms with Crippen LogP contribution in [0.2, 0.25) is 10.0 Å². The van der Waals surface area contributed by atoms with Crippen molar-refractivity contribution in [2.45, 2.75) is 33.0 Å². The molecule has 1 N–H and O–H groups in total. The molecule has 0 bridgehead atoms.